The molecule has 0 aromatic carbocycles. The number of ether oxygens (including phenoxy) is 1. The third-order valence-electron chi connectivity index (χ3n) is 4.04. The van der Waals surface area contributed by atoms with Crippen LogP contribution < -0.4 is 0 Å². The second-order valence-corrected chi connectivity index (χ2v) is 8.13. The number of rotatable bonds is 2. The number of nitrogens with zero attached hydrogens (tertiary/aromatic N) is 4. The molecule has 3 aromatic rings. The topological polar surface area (TPSA) is 52.3 Å². The van der Waals surface area contributed by atoms with Crippen LogP contribution >= 0.6 is 11.3 Å². The molecule has 3 aromatic heterocycles. The molecular formula is C16H20N4OS. The van der Waals surface area contributed by atoms with Crippen LogP contribution in [0.3, 0.4) is 0 Å². The van der Waals surface area contributed by atoms with Crippen molar-refractivity contribution in [3.05, 3.63) is 22.6 Å². The predicted octanol–water partition coefficient (Wildman–Crippen LogP) is 3.39. The minimum absolute atomic E-state index is 0.130. The van der Waals surface area contributed by atoms with Gasteiger partial charge in [-0.25, -0.2) is 14.5 Å². The number of hydrogen-bond donors (Lipinski definition) is 0. The summed E-state index contributed by atoms with van der Waals surface area (Å²) in [4.78, 5) is 11.7. The van der Waals surface area contributed by atoms with Crippen molar-refractivity contribution in [1.82, 2.24) is 19.6 Å². The molecule has 4 heterocycles. The van der Waals surface area contributed by atoms with E-state index in [4.69, 9.17) is 9.72 Å². The molecule has 22 heavy (non-hydrogen) atoms. The second kappa shape index (κ2) is 4.73. The maximum atomic E-state index is 5.93. The Balaban J connectivity index is 1.94. The van der Waals surface area contributed by atoms with Gasteiger partial charge in [0.2, 0.25) is 0 Å². The Hall–Kier alpha value is -1.53. The monoisotopic (exact) mass is 316 g/mol. The maximum Gasteiger partial charge on any atom is 0.167 e. The number of aromatic nitrogens is 4. The smallest absolute Gasteiger partial charge is 0.167 e. The van der Waals surface area contributed by atoms with Crippen molar-refractivity contribution in [2.75, 3.05) is 0 Å². The van der Waals surface area contributed by atoms with Crippen LogP contribution in [-0.2, 0) is 24.2 Å². The number of fused-ring (bicyclic) bond motifs is 5. The zero-order valence-corrected chi connectivity index (χ0v) is 14.2. The van der Waals surface area contributed by atoms with Crippen molar-refractivity contribution >= 4 is 27.2 Å². The average Bonchev–Trinajstić information content (AvgIpc) is 2.96. The van der Waals surface area contributed by atoms with Gasteiger partial charge in [0.25, 0.3) is 0 Å². The molecule has 1 aliphatic rings. The summed E-state index contributed by atoms with van der Waals surface area (Å²) in [6, 6.07) is 0. The fourth-order valence-electron chi connectivity index (χ4n) is 3.04. The number of hydrogen-bond acceptors (Lipinski definition) is 5. The standard InChI is InChI=1S/C16H20N4OS/c1-9(2)5-12-18-14-13-10-6-16(3,4)21-7-11(10)22-15(13)17-8-20(14)19-12/h8-9H,5-7H2,1-4H3. The molecule has 4 rings (SSSR count). The van der Waals surface area contributed by atoms with E-state index in [0.717, 1.165) is 29.1 Å². The Morgan fingerprint density at radius 2 is 2.23 bits per heavy atom. The van der Waals surface area contributed by atoms with Gasteiger partial charge in [-0.15, -0.1) is 16.4 Å². The van der Waals surface area contributed by atoms with E-state index in [1.807, 2.05) is 4.52 Å². The van der Waals surface area contributed by atoms with Crippen LogP contribution in [0.15, 0.2) is 6.33 Å². The van der Waals surface area contributed by atoms with Gasteiger partial charge in [0, 0.05) is 17.7 Å². The third-order valence-corrected chi connectivity index (χ3v) is 5.16. The van der Waals surface area contributed by atoms with E-state index >= 15 is 0 Å². The molecule has 5 nitrogen and oxygen atoms in total. The van der Waals surface area contributed by atoms with Crippen molar-refractivity contribution in [1.29, 1.82) is 0 Å². The Morgan fingerprint density at radius 3 is 3.00 bits per heavy atom. The van der Waals surface area contributed by atoms with Crippen LogP contribution in [0.25, 0.3) is 15.9 Å². The zero-order valence-electron chi connectivity index (χ0n) is 13.4. The molecule has 0 saturated carbocycles. The molecule has 0 fully saturated rings. The first kappa shape index (κ1) is 14.1. The van der Waals surface area contributed by atoms with Gasteiger partial charge in [0.05, 0.1) is 17.6 Å². The molecule has 0 unspecified atom stereocenters. The molecule has 0 saturated heterocycles. The van der Waals surface area contributed by atoms with E-state index in [1.165, 1.54) is 15.8 Å². The van der Waals surface area contributed by atoms with Crippen LogP contribution in [0.1, 0.15) is 44.0 Å². The lowest BCUT2D eigenvalue weighted by Gasteiger charge is -2.30. The van der Waals surface area contributed by atoms with E-state index in [0.29, 0.717) is 12.5 Å². The molecule has 0 spiro atoms. The van der Waals surface area contributed by atoms with Crippen molar-refractivity contribution in [3.63, 3.8) is 0 Å². The van der Waals surface area contributed by atoms with Gasteiger partial charge in [0.15, 0.2) is 11.5 Å². The Kier molecular flexibility index (Phi) is 3.03. The van der Waals surface area contributed by atoms with Crippen molar-refractivity contribution in [3.8, 4) is 0 Å². The van der Waals surface area contributed by atoms with Crippen LogP contribution in [0.2, 0.25) is 0 Å². The molecule has 0 bridgehead atoms. The third kappa shape index (κ3) is 2.21. The summed E-state index contributed by atoms with van der Waals surface area (Å²) in [5.74, 6) is 1.44. The minimum Gasteiger partial charge on any atom is -0.370 e. The minimum atomic E-state index is -0.130. The van der Waals surface area contributed by atoms with E-state index in [1.54, 1.807) is 17.7 Å². The van der Waals surface area contributed by atoms with Crippen LogP contribution in [0.4, 0.5) is 0 Å². The second-order valence-electron chi connectivity index (χ2n) is 7.05. The molecule has 0 aliphatic carbocycles. The lowest BCUT2D eigenvalue weighted by atomic mass is 9.94. The average molecular weight is 316 g/mol. The van der Waals surface area contributed by atoms with E-state index < -0.39 is 0 Å². The summed E-state index contributed by atoms with van der Waals surface area (Å²) in [6.07, 6.45) is 3.57. The number of thiophene rings is 1. The molecule has 1 aliphatic heterocycles. The van der Waals surface area contributed by atoms with Crippen LogP contribution in [-0.4, -0.2) is 25.2 Å². The summed E-state index contributed by atoms with van der Waals surface area (Å²) in [5.41, 5.74) is 2.16. The summed E-state index contributed by atoms with van der Waals surface area (Å²) in [5, 5.41) is 5.75. The van der Waals surface area contributed by atoms with Crippen LogP contribution in [0, 0.1) is 5.92 Å². The Labute approximate surface area is 133 Å². The quantitative estimate of drug-likeness (QED) is 0.727. The summed E-state index contributed by atoms with van der Waals surface area (Å²) in [7, 11) is 0. The van der Waals surface area contributed by atoms with Gasteiger partial charge in [-0.1, -0.05) is 13.8 Å². The molecule has 0 N–H and O–H groups in total. The largest absolute Gasteiger partial charge is 0.370 e. The van der Waals surface area contributed by atoms with Gasteiger partial charge in [-0.3, -0.25) is 0 Å². The molecule has 116 valence electrons. The van der Waals surface area contributed by atoms with Gasteiger partial charge in [-0.2, -0.15) is 0 Å². The lowest BCUT2D eigenvalue weighted by Crippen LogP contribution is -2.31. The van der Waals surface area contributed by atoms with Gasteiger partial charge >= 0.3 is 0 Å². The Morgan fingerprint density at radius 1 is 1.41 bits per heavy atom. The normalized spacial score (nSPS) is 17.5. The fourth-order valence-corrected chi connectivity index (χ4v) is 4.10. The lowest BCUT2D eigenvalue weighted by molar-refractivity contribution is -0.0379. The maximum absolute atomic E-state index is 5.93. The van der Waals surface area contributed by atoms with Gasteiger partial charge in [0.1, 0.15) is 11.2 Å². The molecular weight excluding hydrogens is 296 g/mol. The summed E-state index contributed by atoms with van der Waals surface area (Å²) < 4.78 is 7.76. The first-order chi connectivity index (χ1) is 10.4. The predicted molar refractivity (Wildman–Crippen MR) is 87.3 cm³/mol. The SMILES string of the molecule is CC(C)Cc1nc2c3c4c(sc3ncn2n1)COC(C)(C)C4. The summed E-state index contributed by atoms with van der Waals surface area (Å²) in [6.45, 7) is 9.32. The van der Waals surface area contributed by atoms with Gasteiger partial charge < -0.3 is 4.74 Å². The highest BCUT2D eigenvalue weighted by molar-refractivity contribution is 7.19. The highest BCUT2D eigenvalue weighted by atomic mass is 32.1. The van der Waals surface area contributed by atoms with Gasteiger partial charge in [-0.05, 0) is 25.3 Å². The van der Waals surface area contributed by atoms with Crippen molar-refractivity contribution < 1.29 is 4.74 Å². The highest BCUT2D eigenvalue weighted by Crippen LogP contribution is 2.39. The molecule has 6 heteroatoms. The van der Waals surface area contributed by atoms with Crippen molar-refractivity contribution in [2.24, 2.45) is 5.92 Å². The Bertz CT molecular complexity index is 862. The van der Waals surface area contributed by atoms with E-state index in [9.17, 15) is 0 Å². The highest BCUT2D eigenvalue weighted by Gasteiger charge is 2.30. The van der Waals surface area contributed by atoms with Crippen LogP contribution in [0.5, 0.6) is 0 Å². The first-order valence-electron chi connectivity index (χ1n) is 7.71. The summed E-state index contributed by atoms with van der Waals surface area (Å²) >= 11 is 1.72. The first-order valence-corrected chi connectivity index (χ1v) is 8.53. The fraction of sp³-hybridized carbons (Fsp3) is 0.562. The zero-order chi connectivity index (χ0) is 15.5. The van der Waals surface area contributed by atoms with Crippen molar-refractivity contribution in [2.45, 2.75) is 52.7 Å². The molecule has 0 atom stereocenters. The van der Waals surface area contributed by atoms with E-state index in [-0.39, 0.29) is 5.60 Å². The van der Waals surface area contributed by atoms with E-state index in [2.05, 4.69) is 37.8 Å². The molecule has 0 amide bonds. The molecule has 0 radical (unpaired) electrons.